The van der Waals surface area contributed by atoms with Gasteiger partial charge in [-0.25, -0.2) is 0 Å². The lowest BCUT2D eigenvalue weighted by Gasteiger charge is -2.58. The quantitative estimate of drug-likeness (QED) is 0.452. The zero-order chi connectivity index (χ0) is 18.4. The van der Waals surface area contributed by atoms with Gasteiger partial charge in [-0.05, 0) is 19.3 Å². The molecular formula is C17H15F6N3. The molecule has 4 heterocycles. The number of halogens is 6. The van der Waals surface area contributed by atoms with Crippen LogP contribution in [0.2, 0.25) is 0 Å². The van der Waals surface area contributed by atoms with Crippen LogP contribution in [-0.4, -0.2) is 40.0 Å². The summed E-state index contributed by atoms with van der Waals surface area (Å²) in [5.41, 5.74) is -10.3. The van der Waals surface area contributed by atoms with Crippen LogP contribution in [0.1, 0.15) is 32.1 Å². The standard InChI is InChI=1S/C17H15F6N3/c18-16(19,20)14-11-6-3-4-7-12(11,9-11)15(25-24-14,17(21,22)23)26-10-5-1-2-8-13(10,14)26/h3-4,6-7,10H,1-2,5,8-9H2/t10-,11+,12-,13+,14+,15-,26?/m0/s1. The minimum absolute atomic E-state index is 0.0867. The molecule has 0 aromatic carbocycles. The fourth-order valence-electron chi connectivity index (χ4n) is 7.33. The smallest absolute Gasteiger partial charge is 0.254 e. The van der Waals surface area contributed by atoms with Crippen LogP contribution in [0.4, 0.5) is 26.3 Å². The molecule has 0 amide bonds. The fraction of sp³-hybridized carbons (Fsp3) is 0.765. The number of piperidine rings is 1. The van der Waals surface area contributed by atoms with E-state index in [4.69, 9.17) is 0 Å². The van der Waals surface area contributed by atoms with Gasteiger partial charge in [0.15, 0.2) is 0 Å². The molecule has 2 saturated carbocycles. The average Bonchev–Trinajstić information content (AvgIpc) is 3.42. The van der Waals surface area contributed by atoms with Crippen molar-refractivity contribution < 1.29 is 26.3 Å². The first-order valence-electron chi connectivity index (χ1n) is 8.82. The van der Waals surface area contributed by atoms with Crippen LogP contribution in [-0.2, 0) is 0 Å². The lowest BCUT2D eigenvalue weighted by molar-refractivity contribution is -0.299. The molecular weight excluding hydrogens is 360 g/mol. The average molecular weight is 375 g/mol. The molecule has 7 atom stereocenters. The van der Waals surface area contributed by atoms with Crippen LogP contribution in [0, 0.1) is 10.8 Å². The molecule has 3 nitrogen and oxygen atoms in total. The summed E-state index contributed by atoms with van der Waals surface area (Å²) < 4.78 is 87.2. The summed E-state index contributed by atoms with van der Waals surface area (Å²) in [5, 5.41) is 7.08. The molecule has 9 heteroatoms. The van der Waals surface area contributed by atoms with Gasteiger partial charge < -0.3 is 0 Å². The van der Waals surface area contributed by atoms with E-state index in [0.29, 0.717) is 19.3 Å². The van der Waals surface area contributed by atoms with Crippen molar-refractivity contribution in [2.45, 2.75) is 67.2 Å². The van der Waals surface area contributed by atoms with E-state index in [1.807, 2.05) is 0 Å². The Morgan fingerprint density at radius 1 is 0.885 bits per heavy atom. The van der Waals surface area contributed by atoms with Crippen molar-refractivity contribution in [1.82, 2.24) is 4.90 Å². The van der Waals surface area contributed by atoms with Gasteiger partial charge in [0, 0.05) is 11.5 Å². The van der Waals surface area contributed by atoms with Crippen LogP contribution in [0.3, 0.4) is 0 Å². The number of hydrogen-bond donors (Lipinski definition) is 0. The van der Waals surface area contributed by atoms with Gasteiger partial charge in [0.25, 0.3) is 0 Å². The van der Waals surface area contributed by atoms with Gasteiger partial charge >= 0.3 is 12.4 Å². The van der Waals surface area contributed by atoms with Crippen LogP contribution in [0.25, 0.3) is 0 Å². The van der Waals surface area contributed by atoms with Crippen LogP contribution in [0.5, 0.6) is 0 Å². The van der Waals surface area contributed by atoms with Crippen molar-refractivity contribution >= 4 is 0 Å². The lowest BCUT2D eigenvalue weighted by Crippen LogP contribution is -2.76. The van der Waals surface area contributed by atoms with Gasteiger partial charge in [0.05, 0.1) is 11.0 Å². The van der Waals surface area contributed by atoms with Crippen molar-refractivity contribution in [3.05, 3.63) is 24.3 Å². The highest BCUT2D eigenvalue weighted by Gasteiger charge is 3.07. The van der Waals surface area contributed by atoms with Crippen LogP contribution < -0.4 is 0 Å². The Hall–Kier alpha value is -1.38. The first-order chi connectivity index (χ1) is 12.1. The maximum absolute atomic E-state index is 14.6. The predicted octanol–water partition coefficient (Wildman–Crippen LogP) is 4.53. The Balaban J connectivity index is 1.75. The third kappa shape index (κ3) is 1.04. The first kappa shape index (κ1) is 15.7. The van der Waals surface area contributed by atoms with Gasteiger partial charge in [-0.3, -0.25) is 4.90 Å². The van der Waals surface area contributed by atoms with Crippen molar-refractivity contribution in [2.24, 2.45) is 21.1 Å². The number of allylic oxidation sites excluding steroid dienone is 2. The molecule has 140 valence electrons. The molecule has 2 bridgehead atoms. The third-order valence-electron chi connectivity index (χ3n) is 8.01. The molecule has 2 saturated heterocycles. The second-order valence-electron chi connectivity index (χ2n) is 8.47. The van der Waals surface area contributed by atoms with Crippen LogP contribution >= 0.6 is 0 Å². The molecule has 26 heavy (non-hydrogen) atoms. The second kappa shape index (κ2) is 3.64. The molecule has 4 aliphatic heterocycles. The second-order valence-corrected chi connectivity index (χ2v) is 8.47. The monoisotopic (exact) mass is 375 g/mol. The minimum Gasteiger partial charge on any atom is -0.254 e. The molecule has 3 aliphatic carbocycles. The highest BCUT2D eigenvalue weighted by Crippen LogP contribution is 2.93. The van der Waals surface area contributed by atoms with Crippen molar-refractivity contribution in [2.75, 3.05) is 0 Å². The summed E-state index contributed by atoms with van der Waals surface area (Å²) >= 11 is 0. The number of rotatable bonds is 0. The fourth-order valence-corrected chi connectivity index (χ4v) is 7.33. The van der Waals surface area contributed by atoms with E-state index in [1.165, 1.54) is 24.3 Å². The Kier molecular flexibility index (Phi) is 2.19. The number of alkyl halides is 6. The van der Waals surface area contributed by atoms with E-state index in [1.54, 1.807) is 0 Å². The molecule has 0 radical (unpaired) electrons. The highest BCUT2D eigenvalue weighted by atomic mass is 19.4. The zero-order valence-corrected chi connectivity index (χ0v) is 13.5. The Morgan fingerprint density at radius 2 is 1.58 bits per heavy atom. The summed E-state index contributed by atoms with van der Waals surface area (Å²) in [7, 11) is 0. The Bertz CT molecular complexity index is 829. The van der Waals surface area contributed by atoms with E-state index < -0.39 is 46.0 Å². The summed E-state index contributed by atoms with van der Waals surface area (Å²) in [4.78, 5) is 1.07. The SMILES string of the molecule is FC(F)(F)[C@]12N=N[C@](C(F)(F)F)(N3[C@H]4CCCC[C@]431)[C@]13C=CC=C[C@@]12C3. The van der Waals surface area contributed by atoms with Crippen molar-refractivity contribution in [3.63, 3.8) is 0 Å². The largest absolute Gasteiger partial charge is 0.429 e. The molecule has 7 aliphatic rings. The zero-order valence-electron chi connectivity index (χ0n) is 13.5. The normalized spacial score (nSPS) is 57.9. The molecule has 1 spiro atoms. The predicted molar refractivity (Wildman–Crippen MR) is 77.0 cm³/mol. The van der Waals surface area contributed by atoms with E-state index in [-0.39, 0.29) is 12.8 Å². The highest BCUT2D eigenvalue weighted by molar-refractivity contribution is 5.60. The summed E-state index contributed by atoms with van der Waals surface area (Å²) in [6, 6.07) is -0.768. The van der Waals surface area contributed by atoms with Gasteiger partial charge in [0.1, 0.15) is 0 Å². The molecule has 4 fully saturated rings. The number of azo groups is 1. The van der Waals surface area contributed by atoms with E-state index in [9.17, 15) is 26.3 Å². The molecule has 0 aromatic rings. The molecule has 1 unspecified atom stereocenters. The Morgan fingerprint density at radius 3 is 2.23 bits per heavy atom. The molecule has 0 aromatic heterocycles. The summed E-state index contributed by atoms with van der Waals surface area (Å²) in [5.74, 6) is 0. The van der Waals surface area contributed by atoms with E-state index >= 15 is 0 Å². The maximum atomic E-state index is 14.6. The van der Waals surface area contributed by atoms with E-state index in [2.05, 4.69) is 10.2 Å². The van der Waals surface area contributed by atoms with Crippen molar-refractivity contribution in [3.8, 4) is 0 Å². The third-order valence-corrected chi connectivity index (χ3v) is 8.01. The number of hydrogen-bond acceptors (Lipinski definition) is 3. The molecule has 7 rings (SSSR count). The van der Waals surface area contributed by atoms with Gasteiger partial charge in [-0.15, -0.1) is 0 Å². The van der Waals surface area contributed by atoms with Gasteiger partial charge in [0.2, 0.25) is 11.2 Å². The topological polar surface area (TPSA) is 27.7 Å². The van der Waals surface area contributed by atoms with Crippen LogP contribution in [0.15, 0.2) is 34.5 Å². The minimum atomic E-state index is -4.80. The Labute approximate surface area is 144 Å². The van der Waals surface area contributed by atoms with Gasteiger partial charge in [-0.1, -0.05) is 37.1 Å². The molecule has 0 N–H and O–H groups in total. The van der Waals surface area contributed by atoms with Crippen molar-refractivity contribution in [1.29, 1.82) is 0 Å². The number of nitrogens with zero attached hydrogens (tertiary/aromatic N) is 3. The lowest BCUT2D eigenvalue weighted by atomic mass is 9.57. The maximum Gasteiger partial charge on any atom is 0.429 e. The van der Waals surface area contributed by atoms with E-state index in [0.717, 1.165) is 4.90 Å². The first-order valence-corrected chi connectivity index (χ1v) is 8.82. The van der Waals surface area contributed by atoms with Gasteiger partial charge in [-0.2, -0.15) is 36.6 Å². The summed E-state index contributed by atoms with van der Waals surface area (Å²) in [6.07, 6.45) is -2.71. The summed E-state index contributed by atoms with van der Waals surface area (Å²) in [6.45, 7) is 0.